The molecule has 0 radical (unpaired) electrons. The molecule has 170 valence electrons. The zero-order valence-corrected chi connectivity index (χ0v) is 16.6. The number of rotatable bonds is 5. The van der Waals surface area contributed by atoms with Gasteiger partial charge in [0.2, 0.25) is 0 Å². The Labute approximate surface area is 181 Å². The predicted octanol–water partition coefficient (Wildman–Crippen LogP) is 1.75. The van der Waals surface area contributed by atoms with Crippen LogP contribution in [0.4, 0.5) is 11.4 Å². The van der Waals surface area contributed by atoms with Crippen LogP contribution in [-0.2, 0) is 18.9 Å². The van der Waals surface area contributed by atoms with Crippen LogP contribution in [-0.4, -0.2) is 57.7 Å². The van der Waals surface area contributed by atoms with E-state index in [0.29, 0.717) is 11.1 Å². The summed E-state index contributed by atoms with van der Waals surface area (Å²) in [6, 6.07) is 11.4. The van der Waals surface area contributed by atoms with E-state index in [1.807, 2.05) is 0 Å². The fourth-order valence-electron chi connectivity index (χ4n) is 3.62. The number of nitro groups is 2. The molecule has 0 aliphatic carbocycles. The average Bonchev–Trinajstić information content (AvgIpc) is 2.80. The van der Waals surface area contributed by atoms with E-state index in [9.17, 15) is 30.4 Å². The first-order valence-corrected chi connectivity index (χ1v) is 9.72. The molecule has 2 aromatic carbocycles. The summed E-state index contributed by atoms with van der Waals surface area (Å²) in [5.74, 6) is 0. The summed E-state index contributed by atoms with van der Waals surface area (Å²) in [6.45, 7) is -0.320. The lowest BCUT2D eigenvalue weighted by Gasteiger charge is -2.43. The first kappa shape index (κ1) is 22.2. The molecule has 2 unspecified atom stereocenters. The van der Waals surface area contributed by atoms with Crippen LogP contribution in [0, 0.1) is 20.2 Å². The van der Waals surface area contributed by atoms with Gasteiger partial charge in [-0.25, -0.2) is 0 Å². The third kappa shape index (κ3) is 4.60. The van der Waals surface area contributed by atoms with Crippen LogP contribution in [0.15, 0.2) is 48.5 Å². The third-order valence-corrected chi connectivity index (χ3v) is 5.19. The van der Waals surface area contributed by atoms with Gasteiger partial charge in [-0.1, -0.05) is 24.3 Å². The molecule has 12 nitrogen and oxygen atoms in total. The Morgan fingerprint density at radius 1 is 0.750 bits per heavy atom. The zero-order valence-electron chi connectivity index (χ0n) is 16.6. The first-order chi connectivity index (χ1) is 15.3. The molecule has 0 amide bonds. The van der Waals surface area contributed by atoms with E-state index < -0.39 is 46.8 Å². The molecule has 2 fully saturated rings. The molecular weight excluding hydrogens is 428 g/mol. The number of hydrogen-bond donors (Lipinski definition) is 2. The predicted molar refractivity (Wildman–Crippen MR) is 105 cm³/mol. The van der Waals surface area contributed by atoms with Crippen molar-refractivity contribution in [2.75, 3.05) is 13.2 Å². The van der Waals surface area contributed by atoms with E-state index in [2.05, 4.69) is 0 Å². The Morgan fingerprint density at radius 3 is 1.53 bits per heavy atom. The van der Waals surface area contributed by atoms with Crippen molar-refractivity contribution < 1.29 is 39.0 Å². The van der Waals surface area contributed by atoms with Gasteiger partial charge >= 0.3 is 0 Å². The van der Waals surface area contributed by atoms with Crippen molar-refractivity contribution in [3.63, 3.8) is 0 Å². The van der Waals surface area contributed by atoms with Crippen molar-refractivity contribution in [3.8, 4) is 0 Å². The highest BCUT2D eigenvalue weighted by Gasteiger charge is 2.45. The lowest BCUT2D eigenvalue weighted by molar-refractivity contribution is -0.385. The fourth-order valence-corrected chi connectivity index (χ4v) is 3.62. The summed E-state index contributed by atoms with van der Waals surface area (Å²) in [4.78, 5) is 21.0. The lowest BCUT2D eigenvalue weighted by Crippen LogP contribution is -2.55. The second-order valence-corrected chi connectivity index (χ2v) is 7.37. The summed E-state index contributed by atoms with van der Waals surface area (Å²) in [6.07, 6.45) is -6.47. The number of nitrogens with zero attached hydrogens (tertiary/aromatic N) is 2. The summed E-state index contributed by atoms with van der Waals surface area (Å²) >= 11 is 0. The highest BCUT2D eigenvalue weighted by Crippen LogP contribution is 2.36. The zero-order chi connectivity index (χ0) is 22.8. The molecule has 32 heavy (non-hydrogen) atoms. The number of benzene rings is 2. The van der Waals surface area contributed by atoms with Gasteiger partial charge in [-0.15, -0.1) is 0 Å². The topological polar surface area (TPSA) is 164 Å². The van der Waals surface area contributed by atoms with E-state index in [-0.39, 0.29) is 24.6 Å². The molecule has 2 saturated heterocycles. The van der Waals surface area contributed by atoms with Gasteiger partial charge in [0.25, 0.3) is 11.4 Å². The van der Waals surface area contributed by atoms with Gasteiger partial charge in [0, 0.05) is 35.4 Å². The smallest absolute Gasteiger partial charge is 0.269 e. The first-order valence-electron chi connectivity index (χ1n) is 9.72. The minimum absolute atomic E-state index is 0.148. The minimum atomic E-state index is -1.16. The largest absolute Gasteiger partial charge is 0.388 e. The number of non-ortho nitro benzene ring substituents is 2. The lowest BCUT2D eigenvalue weighted by atomic mass is 10.0. The molecule has 2 N–H and O–H groups in total. The standard InChI is InChI=1S/C20H20N2O10/c23-15-9-29-19(11-3-1-5-13(7-11)21(25)26)31-17(15)18-16(24)10-30-20(32-18)12-4-2-6-14(8-12)22(27)28/h1-8,15-20,23-24H,9-10H2/t15-,16+,17-,18-,19?,20?/m1/s1. The summed E-state index contributed by atoms with van der Waals surface area (Å²) in [7, 11) is 0. The van der Waals surface area contributed by atoms with Gasteiger partial charge in [0.15, 0.2) is 12.6 Å². The van der Waals surface area contributed by atoms with E-state index in [1.54, 1.807) is 12.1 Å². The van der Waals surface area contributed by atoms with Gasteiger partial charge in [-0.2, -0.15) is 0 Å². The van der Waals surface area contributed by atoms with Crippen molar-refractivity contribution in [1.82, 2.24) is 0 Å². The summed E-state index contributed by atoms with van der Waals surface area (Å²) in [5.41, 5.74) is 0.441. The van der Waals surface area contributed by atoms with Crippen LogP contribution in [0.3, 0.4) is 0 Å². The second-order valence-electron chi connectivity index (χ2n) is 7.37. The molecule has 0 bridgehead atoms. The van der Waals surface area contributed by atoms with Gasteiger partial charge in [-0.3, -0.25) is 20.2 Å². The van der Waals surface area contributed by atoms with Crippen molar-refractivity contribution in [3.05, 3.63) is 79.9 Å². The Hall–Kier alpha value is -3.00. The van der Waals surface area contributed by atoms with Gasteiger partial charge in [-0.05, 0) is 0 Å². The Kier molecular flexibility index (Phi) is 6.41. The van der Waals surface area contributed by atoms with Gasteiger partial charge in [0.1, 0.15) is 24.4 Å². The van der Waals surface area contributed by atoms with E-state index in [4.69, 9.17) is 18.9 Å². The number of aliphatic hydroxyl groups is 2. The molecule has 4 rings (SSSR count). The van der Waals surface area contributed by atoms with Crippen molar-refractivity contribution in [2.45, 2.75) is 37.0 Å². The highest BCUT2D eigenvalue weighted by molar-refractivity contribution is 5.35. The minimum Gasteiger partial charge on any atom is -0.388 e. The summed E-state index contributed by atoms with van der Waals surface area (Å²) < 4.78 is 22.6. The highest BCUT2D eigenvalue weighted by atomic mass is 16.7. The van der Waals surface area contributed by atoms with Crippen molar-refractivity contribution in [1.29, 1.82) is 0 Å². The maximum Gasteiger partial charge on any atom is 0.269 e. The van der Waals surface area contributed by atoms with E-state index in [0.717, 1.165) is 0 Å². The number of aliphatic hydroxyl groups excluding tert-OH is 2. The third-order valence-electron chi connectivity index (χ3n) is 5.19. The average molecular weight is 448 g/mol. The van der Waals surface area contributed by atoms with Crippen molar-refractivity contribution in [2.24, 2.45) is 0 Å². The van der Waals surface area contributed by atoms with Crippen molar-refractivity contribution >= 4 is 11.4 Å². The number of nitro benzene ring substituents is 2. The van der Waals surface area contributed by atoms with E-state index in [1.165, 1.54) is 36.4 Å². The molecule has 6 atom stereocenters. The number of hydrogen-bond acceptors (Lipinski definition) is 10. The molecule has 2 heterocycles. The fraction of sp³-hybridized carbons (Fsp3) is 0.400. The molecular formula is C20H20N2O10. The van der Waals surface area contributed by atoms with Crippen LogP contribution < -0.4 is 0 Å². The molecule has 2 aliphatic rings. The Morgan fingerprint density at radius 2 is 1.16 bits per heavy atom. The van der Waals surface area contributed by atoms with E-state index >= 15 is 0 Å². The molecule has 0 saturated carbocycles. The maximum absolute atomic E-state index is 11.1. The maximum atomic E-state index is 11.1. The molecule has 2 aliphatic heterocycles. The Balaban J connectivity index is 1.54. The van der Waals surface area contributed by atoms with Crippen LogP contribution in [0.2, 0.25) is 0 Å². The van der Waals surface area contributed by atoms with Gasteiger partial charge < -0.3 is 29.2 Å². The molecule has 2 aromatic rings. The second kappa shape index (κ2) is 9.24. The van der Waals surface area contributed by atoms with Crippen LogP contribution >= 0.6 is 0 Å². The molecule has 0 aromatic heterocycles. The monoisotopic (exact) mass is 448 g/mol. The normalized spacial score (nSPS) is 30.6. The van der Waals surface area contributed by atoms with Gasteiger partial charge in [0.05, 0.1) is 23.1 Å². The Bertz CT molecular complexity index is 922. The van der Waals surface area contributed by atoms with Crippen LogP contribution in [0.1, 0.15) is 23.7 Å². The quantitative estimate of drug-likeness (QED) is 0.509. The van der Waals surface area contributed by atoms with Crippen LogP contribution in [0.25, 0.3) is 0 Å². The van der Waals surface area contributed by atoms with Crippen LogP contribution in [0.5, 0.6) is 0 Å². The number of ether oxygens (including phenoxy) is 4. The molecule has 0 spiro atoms. The SMILES string of the molecule is O=[N+]([O-])c1cccc(C2OC[C@@H](O)[C@H]([C@@H]3OC(c4cccc([N+](=O)[O-])c4)OC[C@@H]3O)O2)c1. The summed E-state index contributed by atoms with van der Waals surface area (Å²) in [5, 5.41) is 43.0. The molecule has 12 heteroatoms.